The van der Waals surface area contributed by atoms with Gasteiger partial charge in [0.15, 0.2) is 0 Å². The number of aromatic nitrogens is 3. The van der Waals surface area contributed by atoms with Crippen LogP contribution in [0.5, 0.6) is 0 Å². The molecule has 0 spiro atoms. The second-order valence-corrected chi connectivity index (χ2v) is 7.99. The average molecular weight is 392 g/mol. The Kier molecular flexibility index (Phi) is 4.81. The van der Waals surface area contributed by atoms with Gasteiger partial charge in [-0.05, 0) is 44.5 Å². The van der Waals surface area contributed by atoms with Crippen molar-refractivity contribution in [1.82, 2.24) is 14.8 Å². The largest absolute Gasteiger partial charge is 0.419 e. The van der Waals surface area contributed by atoms with Gasteiger partial charge in [0.1, 0.15) is 16.4 Å². The van der Waals surface area contributed by atoms with Crippen LogP contribution in [-0.2, 0) is 23.5 Å². The fourth-order valence-electron chi connectivity index (χ4n) is 3.06. The number of rotatable bonds is 5. The average Bonchev–Trinajstić information content (AvgIpc) is 3.14. The molecule has 0 saturated heterocycles. The van der Waals surface area contributed by atoms with Crippen LogP contribution in [0.4, 0.5) is 10.1 Å². The monoisotopic (exact) mass is 392 g/mol. The molecule has 0 fully saturated rings. The number of hydrogen-bond donors (Lipinski definition) is 1. The van der Waals surface area contributed by atoms with Crippen molar-refractivity contribution in [3.63, 3.8) is 0 Å². The zero-order chi connectivity index (χ0) is 19.9. The molecule has 0 saturated carbocycles. The Bertz CT molecular complexity index is 1120. The Morgan fingerprint density at radius 1 is 1.22 bits per heavy atom. The number of halogens is 1. The SMILES string of the molecule is CCc1nnc(-c2c(C)c(S(=O)(=O)Nc3ccc(F)c(C)c3)c(C)n2C)o1. The van der Waals surface area contributed by atoms with Crippen molar-refractivity contribution in [2.24, 2.45) is 7.05 Å². The molecular formula is C18H21FN4O3S. The lowest BCUT2D eigenvalue weighted by Gasteiger charge is -2.10. The number of anilines is 1. The van der Waals surface area contributed by atoms with Gasteiger partial charge in [0, 0.05) is 30.4 Å². The zero-order valence-corrected chi connectivity index (χ0v) is 16.6. The van der Waals surface area contributed by atoms with Gasteiger partial charge in [-0.2, -0.15) is 0 Å². The van der Waals surface area contributed by atoms with E-state index in [1.807, 2.05) is 6.92 Å². The maximum Gasteiger partial charge on any atom is 0.264 e. The molecule has 0 radical (unpaired) electrons. The van der Waals surface area contributed by atoms with E-state index in [0.717, 1.165) is 0 Å². The summed E-state index contributed by atoms with van der Waals surface area (Å²) in [6, 6.07) is 4.07. The smallest absolute Gasteiger partial charge is 0.264 e. The normalized spacial score (nSPS) is 11.8. The van der Waals surface area contributed by atoms with E-state index < -0.39 is 15.8 Å². The molecule has 0 unspecified atom stereocenters. The first-order chi connectivity index (χ1) is 12.7. The van der Waals surface area contributed by atoms with Gasteiger partial charge in [-0.25, -0.2) is 12.8 Å². The molecule has 0 bridgehead atoms. The van der Waals surface area contributed by atoms with Gasteiger partial charge in [-0.3, -0.25) is 4.72 Å². The Hall–Kier alpha value is -2.68. The number of aryl methyl sites for hydroxylation is 2. The van der Waals surface area contributed by atoms with Crippen molar-refractivity contribution < 1.29 is 17.2 Å². The number of nitrogens with one attached hydrogen (secondary N) is 1. The second kappa shape index (κ2) is 6.80. The summed E-state index contributed by atoms with van der Waals surface area (Å²) in [5.41, 5.74) is 2.24. The molecule has 3 rings (SSSR count). The van der Waals surface area contributed by atoms with E-state index in [4.69, 9.17) is 4.42 Å². The van der Waals surface area contributed by atoms with Gasteiger partial charge in [0.05, 0.1) is 0 Å². The minimum absolute atomic E-state index is 0.137. The minimum atomic E-state index is -3.90. The molecule has 2 aromatic heterocycles. The van der Waals surface area contributed by atoms with Gasteiger partial charge in [0.25, 0.3) is 15.9 Å². The quantitative estimate of drug-likeness (QED) is 0.718. The molecule has 7 nitrogen and oxygen atoms in total. The van der Waals surface area contributed by atoms with E-state index in [-0.39, 0.29) is 10.8 Å². The lowest BCUT2D eigenvalue weighted by atomic mass is 10.2. The van der Waals surface area contributed by atoms with E-state index in [1.165, 1.54) is 18.2 Å². The second-order valence-electron chi connectivity index (χ2n) is 6.37. The highest BCUT2D eigenvalue weighted by molar-refractivity contribution is 7.92. The molecule has 0 aliphatic carbocycles. The standard InChI is InChI=1S/C18H21FN4O3S/c1-6-15-20-21-18(26-15)16-11(3)17(12(4)23(16)5)27(24,25)22-13-7-8-14(19)10(2)9-13/h7-9,22H,6H2,1-5H3. The van der Waals surface area contributed by atoms with Gasteiger partial charge in [-0.15, -0.1) is 10.2 Å². The van der Waals surface area contributed by atoms with E-state index in [9.17, 15) is 12.8 Å². The van der Waals surface area contributed by atoms with Crippen LogP contribution in [-0.4, -0.2) is 23.2 Å². The van der Waals surface area contributed by atoms with Crippen molar-refractivity contribution in [2.75, 3.05) is 4.72 Å². The zero-order valence-electron chi connectivity index (χ0n) is 15.8. The third-order valence-corrected chi connectivity index (χ3v) is 6.16. The highest BCUT2D eigenvalue weighted by atomic mass is 32.2. The first-order valence-electron chi connectivity index (χ1n) is 8.43. The van der Waals surface area contributed by atoms with Crippen LogP contribution in [0.25, 0.3) is 11.6 Å². The van der Waals surface area contributed by atoms with Crippen molar-refractivity contribution in [2.45, 2.75) is 39.0 Å². The molecule has 1 aromatic carbocycles. The lowest BCUT2D eigenvalue weighted by Crippen LogP contribution is -2.15. The Morgan fingerprint density at radius 3 is 2.52 bits per heavy atom. The number of nitrogens with zero attached hydrogens (tertiary/aromatic N) is 3. The molecular weight excluding hydrogens is 371 g/mol. The van der Waals surface area contributed by atoms with Crippen molar-refractivity contribution in [1.29, 1.82) is 0 Å². The molecule has 144 valence electrons. The Morgan fingerprint density at radius 2 is 1.93 bits per heavy atom. The summed E-state index contributed by atoms with van der Waals surface area (Å²) in [6.07, 6.45) is 0.589. The van der Waals surface area contributed by atoms with E-state index >= 15 is 0 Å². The van der Waals surface area contributed by atoms with Crippen LogP contribution in [0.3, 0.4) is 0 Å². The van der Waals surface area contributed by atoms with Gasteiger partial charge in [-0.1, -0.05) is 6.92 Å². The van der Waals surface area contributed by atoms with Crippen molar-refractivity contribution >= 4 is 15.7 Å². The molecule has 0 amide bonds. The van der Waals surface area contributed by atoms with Crippen LogP contribution in [0.1, 0.15) is 29.6 Å². The lowest BCUT2D eigenvalue weighted by molar-refractivity contribution is 0.508. The van der Waals surface area contributed by atoms with Crippen LogP contribution < -0.4 is 4.72 Å². The summed E-state index contributed by atoms with van der Waals surface area (Å²) in [4.78, 5) is 0.137. The van der Waals surface area contributed by atoms with Crippen molar-refractivity contribution in [3.05, 3.63) is 46.7 Å². The molecule has 3 aromatic rings. The van der Waals surface area contributed by atoms with E-state index in [1.54, 1.807) is 32.4 Å². The summed E-state index contributed by atoms with van der Waals surface area (Å²) in [5, 5.41) is 7.98. The van der Waals surface area contributed by atoms with Crippen LogP contribution in [0.15, 0.2) is 27.5 Å². The molecule has 0 aliphatic rings. The fraction of sp³-hybridized carbons (Fsp3) is 0.333. The van der Waals surface area contributed by atoms with Gasteiger partial charge >= 0.3 is 0 Å². The number of hydrogen-bond acceptors (Lipinski definition) is 5. The van der Waals surface area contributed by atoms with Gasteiger partial charge < -0.3 is 8.98 Å². The van der Waals surface area contributed by atoms with Crippen molar-refractivity contribution in [3.8, 4) is 11.6 Å². The molecule has 0 atom stereocenters. The highest BCUT2D eigenvalue weighted by Gasteiger charge is 2.29. The molecule has 0 aliphatic heterocycles. The van der Waals surface area contributed by atoms with E-state index in [2.05, 4.69) is 14.9 Å². The van der Waals surface area contributed by atoms with Crippen LogP contribution >= 0.6 is 0 Å². The Balaban J connectivity index is 2.08. The first kappa shape index (κ1) is 19.1. The predicted octanol–water partition coefficient (Wildman–Crippen LogP) is 3.50. The maximum absolute atomic E-state index is 13.5. The third kappa shape index (κ3) is 3.34. The predicted molar refractivity (Wildman–Crippen MR) is 99.5 cm³/mol. The highest BCUT2D eigenvalue weighted by Crippen LogP contribution is 2.33. The summed E-state index contributed by atoms with van der Waals surface area (Å²) in [6.45, 7) is 6.87. The summed E-state index contributed by atoms with van der Waals surface area (Å²) >= 11 is 0. The number of sulfonamides is 1. The summed E-state index contributed by atoms with van der Waals surface area (Å²) in [7, 11) is -2.15. The Labute approximate surface area is 157 Å². The molecule has 2 heterocycles. The molecule has 1 N–H and O–H groups in total. The van der Waals surface area contributed by atoms with Crippen LogP contribution in [0, 0.1) is 26.6 Å². The molecule has 9 heteroatoms. The third-order valence-electron chi connectivity index (χ3n) is 4.51. The minimum Gasteiger partial charge on any atom is -0.419 e. The first-order valence-corrected chi connectivity index (χ1v) is 9.91. The topological polar surface area (TPSA) is 90.0 Å². The maximum atomic E-state index is 13.5. The van der Waals surface area contributed by atoms with Crippen LogP contribution in [0.2, 0.25) is 0 Å². The number of benzene rings is 1. The summed E-state index contributed by atoms with van der Waals surface area (Å²) < 4.78 is 49.3. The van der Waals surface area contributed by atoms with Gasteiger partial charge in [0.2, 0.25) is 5.89 Å². The fourth-order valence-corrected chi connectivity index (χ4v) is 4.62. The molecule has 27 heavy (non-hydrogen) atoms. The summed E-state index contributed by atoms with van der Waals surface area (Å²) in [5.74, 6) is 0.358. The van der Waals surface area contributed by atoms with E-state index in [0.29, 0.717) is 40.5 Å².